The zero-order valence-electron chi connectivity index (χ0n) is 13.9. The fraction of sp³-hybridized carbons (Fsp3) is 0.467. The Morgan fingerprint density at radius 2 is 1.54 bits per heavy atom. The van der Waals surface area contributed by atoms with Crippen molar-refractivity contribution in [2.24, 2.45) is 0 Å². The summed E-state index contributed by atoms with van der Waals surface area (Å²) in [7, 11) is 1.49. The van der Waals surface area contributed by atoms with Gasteiger partial charge in [-0.25, -0.2) is 28.1 Å². The Kier molecular flexibility index (Phi) is 7.12. The largest absolute Gasteiger partial charge is 0.383 e. The first-order valence-electron chi connectivity index (χ1n) is 7.31. The van der Waals surface area contributed by atoms with E-state index in [9.17, 15) is 19.2 Å². The van der Waals surface area contributed by atoms with Crippen LogP contribution in [0.4, 0.5) is 0 Å². The molecule has 24 heavy (non-hydrogen) atoms. The van der Waals surface area contributed by atoms with Crippen LogP contribution in [0.15, 0.2) is 39.7 Å². The molecule has 0 aliphatic heterocycles. The van der Waals surface area contributed by atoms with E-state index in [4.69, 9.17) is 4.74 Å². The maximum Gasteiger partial charge on any atom is 0.337 e. The summed E-state index contributed by atoms with van der Waals surface area (Å²) < 4.78 is 7.29. The normalized spacial score (nSPS) is 11.8. The molecule has 1 aromatic heterocycles. The smallest absolute Gasteiger partial charge is 0.337 e. The highest BCUT2D eigenvalue weighted by atomic mass is 16.5. The quantitative estimate of drug-likeness (QED) is 0.563. The Morgan fingerprint density at radius 1 is 1.08 bits per heavy atom. The van der Waals surface area contributed by atoms with Gasteiger partial charge in [0.25, 0.3) is 0 Å². The Hall–Kier alpha value is -2.68. The minimum atomic E-state index is -0.861. The van der Waals surface area contributed by atoms with E-state index in [1.54, 1.807) is 6.92 Å². The molecule has 0 radical (unpaired) electrons. The third kappa shape index (κ3) is 4.42. The molecule has 0 aliphatic rings. The van der Waals surface area contributed by atoms with Gasteiger partial charge in [-0.1, -0.05) is 12.2 Å². The van der Waals surface area contributed by atoms with Gasteiger partial charge in [-0.3, -0.25) is 4.79 Å². The van der Waals surface area contributed by atoms with Crippen molar-refractivity contribution in [3.05, 3.63) is 56.8 Å². The summed E-state index contributed by atoms with van der Waals surface area (Å²) in [6.45, 7) is 8.32. The number of ether oxygens (including phenoxy) is 1. The predicted octanol–water partition coefficient (Wildman–Crippen LogP) is -1.31. The molecule has 9 heteroatoms. The number of hydrogen-bond acceptors (Lipinski definition) is 5. The fourth-order valence-electron chi connectivity index (χ4n) is 2.14. The van der Waals surface area contributed by atoms with Crippen LogP contribution in [-0.2, 0) is 29.2 Å². The fourth-order valence-corrected chi connectivity index (χ4v) is 2.14. The highest BCUT2D eigenvalue weighted by Gasteiger charge is 2.17. The van der Waals surface area contributed by atoms with Crippen molar-refractivity contribution in [2.45, 2.75) is 32.6 Å². The number of carbonyl (C=O) groups excluding carboxylic acids is 1. The molecule has 1 atom stereocenters. The molecule has 0 aromatic carbocycles. The van der Waals surface area contributed by atoms with Crippen molar-refractivity contribution in [1.29, 1.82) is 0 Å². The number of aromatic nitrogens is 3. The summed E-state index contributed by atoms with van der Waals surface area (Å²) in [6.07, 6.45) is 2.72. The number of amides is 1. The summed E-state index contributed by atoms with van der Waals surface area (Å²) in [5.74, 6) is -0.535. The molecule has 1 rings (SSSR count). The van der Waals surface area contributed by atoms with Crippen molar-refractivity contribution >= 4 is 5.91 Å². The molecule has 1 heterocycles. The van der Waals surface area contributed by atoms with Gasteiger partial charge in [0.1, 0.15) is 6.54 Å². The van der Waals surface area contributed by atoms with E-state index in [0.717, 1.165) is 9.13 Å². The van der Waals surface area contributed by atoms with Gasteiger partial charge in [0.15, 0.2) is 0 Å². The van der Waals surface area contributed by atoms with E-state index >= 15 is 0 Å². The zero-order valence-corrected chi connectivity index (χ0v) is 13.9. The Morgan fingerprint density at radius 3 is 1.96 bits per heavy atom. The minimum absolute atomic E-state index is 0.0726. The van der Waals surface area contributed by atoms with Gasteiger partial charge in [0, 0.05) is 13.2 Å². The maximum absolute atomic E-state index is 12.3. The number of hydrogen-bond donors (Lipinski definition) is 1. The predicted molar refractivity (Wildman–Crippen MR) is 89.1 cm³/mol. The molecule has 1 aromatic rings. The molecule has 0 aliphatic carbocycles. The van der Waals surface area contributed by atoms with E-state index in [2.05, 4.69) is 18.5 Å². The van der Waals surface area contributed by atoms with Gasteiger partial charge in [-0.15, -0.1) is 13.2 Å². The molecule has 0 bridgehead atoms. The van der Waals surface area contributed by atoms with Gasteiger partial charge in [0.2, 0.25) is 5.91 Å². The van der Waals surface area contributed by atoms with E-state index in [1.165, 1.54) is 19.3 Å². The molecule has 1 amide bonds. The van der Waals surface area contributed by atoms with Crippen LogP contribution < -0.4 is 22.4 Å². The second kappa shape index (κ2) is 8.82. The first-order valence-corrected chi connectivity index (χ1v) is 7.31. The second-order valence-electron chi connectivity index (χ2n) is 5.16. The van der Waals surface area contributed by atoms with E-state index in [1.807, 2.05) is 0 Å². The number of carbonyl (C=O) groups is 1. The standard InChI is InChI=1S/C15H22N4O5/c1-5-7-17-13(21)18(8-6-2)15(23)19(14(17)22)9-12(20)16-11(3)10-24-4/h5-6,11H,1-2,7-10H2,3-4H3,(H,16,20)/t11-/m0/s1. The lowest BCUT2D eigenvalue weighted by atomic mass is 10.3. The third-order valence-electron chi connectivity index (χ3n) is 3.13. The molecule has 0 fully saturated rings. The maximum atomic E-state index is 12.3. The van der Waals surface area contributed by atoms with Crippen LogP contribution in [-0.4, -0.2) is 39.4 Å². The third-order valence-corrected chi connectivity index (χ3v) is 3.13. The minimum Gasteiger partial charge on any atom is -0.383 e. The van der Waals surface area contributed by atoms with Crippen LogP contribution in [0, 0.1) is 0 Å². The van der Waals surface area contributed by atoms with Crippen LogP contribution in [0.25, 0.3) is 0 Å². The highest BCUT2D eigenvalue weighted by molar-refractivity contribution is 5.75. The number of methoxy groups -OCH3 is 1. The van der Waals surface area contributed by atoms with Gasteiger partial charge >= 0.3 is 17.1 Å². The second-order valence-corrected chi connectivity index (χ2v) is 5.16. The summed E-state index contributed by atoms with van der Waals surface area (Å²) in [4.78, 5) is 48.9. The van der Waals surface area contributed by atoms with Crippen LogP contribution in [0.2, 0.25) is 0 Å². The molecule has 9 nitrogen and oxygen atoms in total. The highest BCUT2D eigenvalue weighted by Crippen LogP contribution is 1.85. The van der Waals surface area contributed by atoms with E-state index in [0.29, 0.717) is 4.57 Å². The van der Waals surface area contributed by atoms with Crippen LogP contribution in [0.3, 0.4) is 0 Å². The summed E-state index contributed by atoms with van der Waals surface area (Å²) in [6, 6.07) is -0.285. The Labute approximate surface area is 138 Å². The molecular formula is C15H22N4O5. The Balaban J connectivity index is 3.32. The van der Waals surface area contributed by atoms with Gasteiger partial charge in [-0.05, 0) is 6.92 Å². The lowest BCUT2D eigenvalue weighted by Crippen LogP contribution is -2.56. The van der Waals surface area contributed by atoms with E-state index in [-0.39, 0.29) is 25.7 Å². The van der Waals surface area contributed by atoms with Crippen molar-refractivity contribution in [1.82, 2.24) is 19.0 Å². The lowest BCUT2D eigenvalue weighted by molar-refractivity contribution is -0.122. The van der Waals surface area contributed by atoms with Gasteiger partial charge < -0.3 is 10.1 Å². The molecule has 0 saturated heterocycles. The number of allylic oxidation sites excluding steroid dienone is 2. The van der Waals surface area contributed by atoms with E-state index < -0.39 is 29.5 Å². The average Bonchev–Trinajstić information content (AvgIpc) is 2.52. The van der Waals surface area contributed by atoms with Crippen LogP contribution in [0.5, 0.6) is 0 Å². The number of nitrogens with one attached hydrogen (secondary N) is 1. The number of nitrogens with zero attached hydrogens (tertiary/aromatic N) is 3. The first-order chi connectivity index (χ1) is 11.4. The Bertz CT molecular complexity index is 738. The van der Waals surface area contributed by atoms with Crippen molar-refractivity contribution in [2.75, 3.05) is 13.7 Å². The van der Waals surface area contributed by atoms with Gasteiger partial charge in [0.05, 0.1) is 19.7 Å². The molecule has 0 unspecified atom stereocenters. The molecular weight excluding hydrogens is 316 g/mol. The SMILES string of the molecule is C=CCn1c(=O)n(CC=C)c(=O)n(CC(=O)N[C@@H](C)COC)c1=O. The summed E-state index contributed by atoms with van der Waals surface area (Å²) >= 11 is 0. The summed E-state index contributed by atoms with van der Waals surface area (Å²) in [5.41, 5.74) is -2.49. The average molecular weight is 338 g/mol. The lowest BCUT2D eigenvalue weighted by Gasteiger charge is -2.15. The van der Waals surface area contributed by atoms with Crippen molar-refractivity contribution in [3.8, 4) is 0 Å². The van der Waals surface area contributed by atoms with Crippen molar-refractivity contribution < 1.29 is 9.53 Å². The monoisotopic (exact) mass is 338 g/mol. The topological polar surface area (TPSA) is 104 Å². The first kappa shape index (κ1) is 19.4. The van der Waals surface area contributed by atoms with Crippen molar-refractivity contribution in [3.63, 3.8) is 0 Å². The molecule has 132 valence electrons. The van der Waals surface area contributed by atoms with Crippen LogP contribution >= 0.6 is 0 Å². The van der Waals surface area contributed by atoms with Gasteiger partial charge in [-0.2, -0.15) is 0 Å². The zero-order chi connectivity index (χ0) is 18.3. The summed E-state index contributed by atoms with van der Waals surface area (Å²) in [5, 5.41) is 2.60. The molecule has 1 N–H and O–H groups in total. The number of rotatable bonds is 9. The molecule has 0 spiro atoms. The molecule has 0 saturated carbocycles. The van der Waals surface area contributed by atoms with Crippen LogP contribution in [0.1, 0.15) is 6.92 Å².